The van der Waals surface area contributed by atoms with Crippen LogP contribution in [0.3, 0.4) is 0 Å². The molecule has 0 saturated carbocycles. The first-order valence-corrected chi connectivity index (χ1v) is 5.68. The number of hydrogen-bond acceptors (Lipinski definition) is 5. The molecule has 0 aliphatic heterocycles. The van der Waals surface area contributed by atoms with E-state index in [-0.39, 0.29) is 18.8 Å². The second-order valence-electron chi connectivity index (χ2n) is 3.75. The number of rotatable bonds is 7. The van der Waals surface area contributed by atoms with Crippen LogP contribution in [0.15, 0.2) is 18.2 Å². The van der Waals surface area contributed by atoms with Gasteiger partial charge in [-0.25, -0.2) is 9.59 Å². The van der Waals surface area contributed by atoms with Crippen LogP contribution < -0.4 is 10.6 Å². The summed E-state index contributed by atoms with van der Waals surface area (Å²) in [5, 5.41) is 23.3. The molecule has 1 rings (SSSR count). The maximum atomic E-state index is 13.3. The lowest BCUT2D eigenvalue weighted by Gasteiger charge is -2.07. The normalized spacial score (nSPS) is 9.95. The zero-order valence-corrected chi connectivity index (χ0v) is 10.7. The van der Waals surface area contributed by atoms with Gasteiger partial charge in [0.1, 0.15) is 6.61 Å². The molecule has 0 saturated heterocycles. The van der Waals surface area contributed by atoms with Crippen molar-refractivity contribution >= 4 is 23.4 Å². The second kappa shape index (κ2) is 7.75. The Balaban J connectivity index is 2.39. The molecule has 3 N–H and O–H groups in total. The van der Waals surface area contributed by atoms with Gasteiger partial charge in [-0.3, -0.25) is 10.1 Å². The number of amides is 2. The Morgan fingerprint density at radius 2 is 2.14 bits per heavy atom. The van der Waals surface area contributed by atoms with Crippen molar-refractivity contribution < 1.29 is 28.7 Å². The molecule has 0 fully saturated rings. The molecule has 0 aliphatic rings. The van der Waals surface area contributed by atoms with Crippen molar-refractivity contribution in [3.05, 3.63) is 34.1 Å². The van der Waals surface area contributed by atoms with E-state index in [2.05, 4.69) is 15.4 Å². The van der Waals surface area contributed by atoms with Crippen LogP contribution in [-0.2, 0) is 9.53 Å². The molecule has 0 spiro atoms. The molecule has 0 aromatic heterocycles. The quantitative estimate of drug-likeness (QED) is 0.390. The Morgan fingerprint density at radius 3 is 2.71 bits per heavy atom. The molecule has 0 heterocycles. The highest BCUT2D eigenvalue weighted by Crippen LogP contribution is 2.20. The largest absolute Gasteiger partial charge is 0.480 e. The fraction of sp³-hybridized carbons (Fsp3) is 0.273. The van der Waals surface area contributed by atoms with E-state index in [1.54, 1.807) is 0 Å². The number of ether oxygens (including phenoxy) is 1. The Kier molecular flexibility index (Phi) is 6.01. The summed E-state index contributed by atoms with van der Waals surface area (Å²) in [6.45, 7) is -0.431. The third kappa shape index (κ3) is 5.82. The number of nitro benzene ring substituents is 1. The summed E-state index contributed by atoms with van der Waals surface area (Å²) >= 11 is 0. The number of carboxylic acids is 1. The fourth-order valence-electron chi connectivity index (χ4n) is 1.30. The van der Waals surface area contributed by atoms with E-state index in [1.165, 1.54) is 6.07 Å². The second-order valence-corrected chi connectivity index (χ2v) is 3.75. The highest BCUT2D eigenvalue weighted by atomic mass is 19.1. The topological polar surface area (TPSA) is 131 Å². The number of nitrogens with zero attached hydrogens (tertiary/aromatic N) is 1. The maximum Gasteiger partial charge on any atom is 0.329 e. The first-order valence-electron chi connectivity index (χ1n) is 5.68. The summed E-state index contributed by atoms with van der Waals surface area (Å²) < 4.78 is 18.0. The standard InChI is InChI=1S/C11H12FN3O6/c12-8-5-7(1-2-9(8)15(19)20)14-11(18)13-3-4-21-6-10(16)17/h1-2,5H,3-4,6H2,(H,16,17)(H2,13,14,18). The molecule has 0 radical (unpaired) electrons. The molecule has 0 bridgehead atoms. The van der Waals surface area contributed by atoms with Gasteiger partial charge < -0.3 is 20.5 Å². The van der Waals surface area contributed by atoms with Crippen molar-refractivity contribution in [3.8, 4) is 0 Å². The first-order chi connectivity index (χ1) is 9.90. The Bertz CT molecular complexity index is 551. The highest BCUT2D eigenvalue weighted by molar-refractivity contribution is 5.89. The van der Waals surface area contributed by atoms with Crippen LogP contribution in [0.4, 0.5) is 20.6 Å². The molecule has 114 valence electrons. The van der Waals surface area contributed by atoms with Gasteiger partial charge >= 0.3 is 17.7 Å². The molecule has 0 unspecified atom stereocenters. The number of nitro groups is 1. The van der Waals surface area contributed by atoms with E-state index in [0.717, 1.165) is 12.1 Å². The number of benzene rings is 1. The van der Waals surface area contributed by atoms with Gasteiger partial charge in [-0.2, -0.15) is 4.39 Å². The van der Waals surface area contributed by atoms with Crippen LogP contribution in [-0.4, -0.2) is 41.8 Å². The minimum absolute atomic E-state index is 0.00561. The van der Waals surface area contributed by atoms with E-state index in [9.17, 15) is 24.1 Å². The summed E-state index contributed by atoms with van der Waals surface area (Å²) in [4.78, 5) is 31.1. The lowest BCUT2D eigenvalue weighted by molar-refractivity contribution is -0.387. The van der Waals surface area contributed by atoms with Crippen molar-refractivity contribution in [1.29, 1.82) is 0 Å². The van der Waals surface area contributed by atoms with E-state index < -0.39 is 35.0 Å². The zero-order chi connectivity index (χ0) is 15.8. The minimum Gasteiger partial charge on any atom is -0.480 e. The maximum absolute atomic E-state index is 13.3. The molecular formula is C11H12FN3O6. The van der Waals surface area contributed by atoms with E-state index in [4.69, 9.17) is 5.11 Å². The van der Waals surface area contributed by atoms with E-state index in [0.29, 0.717) is 0 Å². The third-order valence-corrected chi connectivity index (χ3v) is 2.16. The summed E-state index contributed by atoms with van der Waals surface area (Å²) in [5.41, 5.74) is -0.648. The van der Waals surface area contributed by atoms with Gasteiger partial charge in [-0.15, -0.1) is 0 Å². The molecular weight excluding hydrogens is 289 g/mol. The van der Waals surface area contributed by atoms with Gasteiger partial charge in [-0.1, -0.05) is 0 Å². The number of urea groups is 1. The smallest absolute Gasteiger partial charge is 0.329 e. The summed E-state index contributed by atoms with van der Waals surface area (Å²) in [6.07, 6.45) is 0. The molecule has 1 aromatic rings. The van der Waals surface area contributed by atoms with Crippen molar-refractivity contribution in [2.24, 2.45) is 0 Å². The summed E-state index contributed by atoms with van der Waals surface area (Å²) in [7, 11) is 0. The average Bonchev–Trinajstić information content (AvgIpc) is 2.37. The lowest BCUT2D eigenvalue weighted by Crippen LogP contribution is -2.32. The Hall–Kier alpha value is -2.75. The Labute approximate surface area is 117 Å². The molecule has 9 nitrogen and oxygen atoms in total. The van der Waals surface area contributed by atoms with E-state index >= 15 is 0 Å². The number of carbonyl (C=O) groups is 2. The zero-order valence-electron chi connectivity index (χ0n) is 10.7. The predicted octanol–water partition coefficient (Wildman–Crippen LogP) is 0.957. The Morgan fingerprint density at radius 1 is 1.43 bits per heavy atom. The summed E-state index contributed by atoms with van der Waals surface area (Å²) in [6, 6.07) is 2.25. The number of halogens is 1. The minimum atomic E-state index is -1.12. The highest BCUT2D eigenvalue weighted by Gasteiger charge is 2.14. The van der Waals surface area contributed by atoms with Crippen LogP contribution in [0, 0.1) is 15.9 Å². The van der Waals surface area contributed by atoms with Gasteiger partial charge in [0.05, 0.1) is 11.5 Å². The van der Waals surface area contributed by atoms with Crippen LogP contribution in [0.5, 0.6) is 0 Å². The van der Waals surface area contributed by atoms with Gasteiger partial charge in [-0.05, 0) is 6.07 Å². The molecule has 0 aliphatic carbocycles. The van der Waals surface area contributed by atoms with Gasteiger partial charge in [0.2, 0.25) is 5.82 Å². The number of carbonyl (C=O) groups excluding carboxylic acids is 1. The molecule has 21 heavy (non-hydrogen) atoms. The van der Waals surface area contributed by atoms with Crippen LogP contribution in [0.2, 0.25) is 0 Å². The molecule has 0 atom stereocenters. The number of carboxylic acid groups (broad SMARTS) is 1. The molecule has 1 aromatic carbocycles. The number of hydrogen-bond donors (Lipinski definition) is 3. The molecule has 2 amide bonds. The third-order valence-electron chi connectivity index (χ3n) is 2.16. The SMILES string of the molecule is O=C(O)COCCNC(=O)Nc1ccc([N+](=O)[O-])c(F)c1. The number of anilines is 1. The lowest BCUT2D eigenvalue weighted by atomic mass is 10.2. The van der Waals surface area contributed by atoms with Gasteiger partial charge in [0, 0.05) is 24.4 Å². The van der Waals surface area contributed by atoms with Gasteiger partial charge in [0.15, 0.2) is 0 Å². The van der Waals surface area contributed by atoms with Gasteiger partial charge in [0.25, 0.3) is 0 Å². The first kappa shape index (κ1) is 16.3. The predicted molar refractivity (Wildman–Crippen MR) is 68.5 cm³/mol. The average molecular weight is 301 g/mol. The van der Waals surface area contributed by atoms with Crippen molar-refractivity contribution in [2.75, 3.05) is 25.1 Å². The van der Waals surface area contributed by atoms with Crippen LogP contribution in [0.25, 0.3) is 0 Å². The van der Waals surface area contributed by atoms with Crippen molar-refractivity contribution in [2.45, 2.75) is 0 Å². The number of nitrogens with one attached hydrogen (secondary N) is 2. The van der Waals surface area contributed by atoms with Crippen molar-refractivity contribution in [3.63, 3.8) is 0 Å². The fourth-order valence-corrected chi connectivity index (χ4v) is 1.30. The number of aliphatic carboxylic acids is 1. The van der Waals surface area contributed by atoms with Crippen LogP contribution >= 0.6 is 0 Å². The monoisotopic (exact) mass is 301 g/mol. The molecule has 10 heteroatoms. The summed E-state index contributed by atoms with van der Waals surface area (Å²) in [5.74, 6) is -2.19. The van der Waals surface area contributed by atoms with Crippen LogP contribution in [0.1, 0.15) is 0 Å². The van der Waals surface area contributed by atoms with E-state index in [1.807, 2.05) is 0 Å². The van der Waals surface area contributed by atoms with Crippen molar-refractivity contribution in [1.82, 2.24) is 5.32 Å².